The first-order chi connectivity index (χ1) is 13.1. The number of aryl methyl sites for hydroxylation is 3. The average Bonchev–Trinajstić information content (AvgIpc) is 3.12. The molecule has 3 unspecified atom stereocenters. The van der Waals surface area contributed by atoms with Gasteiger partial charge in [0.1, 0.15) is 5.75 Å². The molecule has 2 aliphatic carbocycles. The van der Waals surface area contributed by atoms with Gasteiger partial charge in [0.05, 0.1) is 7.11 Å². The maximum atomic E-state index is 6.12. The van der Waals surface area contributed by atoms with E-state index in [1.807, 2.05) is 0 Å². The fourth-order valence-electron chi connectivity index (χ4n) is 5.13. The third-order valence-electron chi connectivity index (χ3n) is 6.76. The summed E-state index contributed by atoms with van der Waals surface area (Å²) in [7, 11) is 1.78. The fourth-order valence-corrected chi connectivity index (χ4v) is 5.13. The highest BCUT2D eigenvalue weighted by molar-refractivity contribution is 5.38. The standard InChI is InChI=1S/C25H33NO/c1-17-3-12-25(27-2)23(13-17)7-5-18-4-6-20-15-21(9-8-19(20)14-18)22-10-11-24(26)16-22/h3,8-9,12-13,15,18,22,24H,4-7,10-11,14,16,26H2,1-2H3. The molecule has 2 nitrogen and oxygen atoms in total. The van der Waals surface area contributed by atoms with Crippen LogP contribution >= 0.6 is 0 Å². The molecular weight excluding hydrogens is 330 g/mol. The lowest BCUT2D eigenvalue weighted by molar-refractivity contribution is 0.398. The van der Waals surface area contributed by atoms with Crippen LogP contribution in [0.3, 0.4) is 0 Å². The van der Waals surface area contributed by atoms with Crippen molar-refractivity contribution < 1.29 is 4.74 Å². The third-order valence-corrected chi connectivity index (χ3v) is 6.76. The molecule has 4 rings (SSSR count). The largest absolute Gasteiger partial charge is 0.496 e. The molecule has 0 amide bonds. The number of methoxy groups -OCH3 is 1. The van der Waals surface area contributed by atoms with Gasteiger partial charge in [-0.1, -0.05) is 35.9 Å². The van der Waals surface area contributed by atoms with Crippen LogP contribution in [0.2, 0.25) is 0 Å². The summed E-state index contributed by atoms with van der Waals surface area (Å²) in [4.78, 5) is 0. The molecule has 1 saturated carbocycles. The number of benzene rings is 2. The van der Waals surface area contributed by atoms with E-state index < -0.39 is 0 Å². The van der Waals surface area contributed by atoms with E-state index in [9.17, 15) is 0 Å². The van der Waals surface area contributed by atoms with Gasteiger partial charge in [-0.05, 0) is 98.4 Å². The van der Waals surface area contributed by atoms with Crippen molar-refractivity contribution in [2.75, 3.05) is 7.11 Å². The number of hydrogen-bond donors (Lipinski definition) is 1. The third kappa shape index (κ3) is 4.21. The number of rotatable bonds is 5. The van der Waals surface area contributed by atoms with Crippen molar-refractivity contribution in [2.45, 2.75) is 70.3 Å². The van der Waals surface area contributed by atoms with Gasteiger partial charge < -0.3 is 10.5 Å². The minimum absolute atomic E-state index is 0.411. The Kier molecular flexibility index (Phi) is 5.54. The van der Waals surface area contributed by atoms with Gasteiger partial charge in [-0.15, -0.1) is 0 Å². The maximum absolute atomic E-state index is 6.12. The second-order valence-corrected chi connectivity index (χ2v) is 8.76. The minimum atomic E-state index is 0.411. The van der Waals surface area contributed by atoms with Crippen molar-refractivity contribution in [3.63, 3.8) is 0 Å². The van der Waals surface area contributed by atoms with Crippen LogP contribution in [-0.2, 0) is 19.3 Å². The fraction of sp³-hybridized carbons (Fsp3) is 0.520. The molecule has 3 atom stereocenters. The lowest BCUT2D eigenvalue weighted by Gasteiger charge is -2.26. The number of fused-ring (bicyclic) bond motifs is 1. The SMILES string of the molecule is COc1ccc(C)cc1CCC1CCc2cc(C3CCC(N)C3)ccc2C1. The predicted molar refractivity (Wildman–Crippen MR) is 113 cm³/mol. The van der Waals surface area contributed by atoms with Gasteiger partial charge in [-0.25, -0.2) is 0 Å². The van der Waals surface area contributed by atoms with Crippen molar-refractivity contribution in [3.8, 4) is 5.75 Å². The number of hydrogen-bond acceptors (Lipinski definition) is 2. The van der Waals surface area contributed by atoms with Gasteiger partial charge >= 0.3 is 0 Å². The van der Waals surface area contributed by atoms with Gasteiger partial charge in [0.15, 0.2) is 0 Å². The molecule has 0 bridgehead atoms. The maximum Gasteiger partial charge on any atom is 0.122 e. The van der Waals surface area contributed by atoms with Gasteiger partial charge in [0.2, 0.25) is 0 Å². The van der Waals surface area contributed by atoms with E-state index in [-0.39, 0.29) is 0 Å². The molecule has 2 aromatic rings. The van der Waals surface area contributed by atoms with E-state index in [1.54, 1.807) is 18.2 Å². The molecule has 144 valence electrons. The first-order valence-corrected chi connectivity index (χ1v) is 10.6. The van der Waals surface area contributed by atoms with E-state index in [1.165, 1.54) is 61.6 Å². The highest BCUT2D eigenvalue weighted by Crippen LogP contribution is 2.37. The Bertz CT molecular complexity index is 797. The molecule has 0 radical (unpaired) electrons. The van der Waals surface area contributed by atoms with Crippen LogP contribution in [-0.4, -0.2) is 13.2 Å². The Balaban J connectivity index is 1.39. The van der Waals surface area contributed by atoms with Crippen LogP contribution in [0.5, 0.6) is 5.75 Å². The molecule has 2 aromatic carbocycles. The summed E-state index contributed by atoms with van der Waals surface area (Å²) < 4.78 is 5.56. The minimum Gasteiger partial charge on any atom is -0.496 e. The summed E-state index contributed by atoms with van der Waals surface area (Å²) in [6, 6.07) is 14.2. The lowest BCUT2D eigenvalue weighted by Crippen LogP contribution is -2.16. The lowest BCUT2D eigenvalue weighted by atomic mass is 9.79. The summed E-state index contributed by atoms with van der Waals surface area (Å²) >= 11 is 0. The molecule has 0 aromatic heterocycles. The van der Waals surface area contributed by atoms with Gasteiger partial charge in [0.25, 0.3) is 0 Å². The zero-order valence-electron chi connectivity index (χ0n) is 16.8. The van der Waals surface area contributed by atoms with E-state index in [4.69, 9.17) is 10.5 Å². The molecule has 0 spiro atoms. The van der Waals surface area contributed by atoms with Crippen LogP contribution in [0.25, 0.3) is 0 Å². The zero-order chi connectivity index (χ0) is 18.8. The first kappa shape index (κ1) is 18.6. The molecular formula is C25H33NO. The quantitative estimate of drug-likeness (QED) is 0.778. The molecule has 2 N–H and O–H groups in total. The normalized spacial score (nSPS) is 24.6. The van der Waals surface area contributed by atoms with Crippen LogP contribution in [0, 0.1) is 12.8 Å². The van der Waals surface area contributed by atoms with Crippen LogP contribution in [0.4, 0.5) is 0 Å². The summed E-state index contributed by atoms with van der Waals surface area (Å²) in [5, 5.41) is 0. The number of ether oxygens (including phenoxy) is 1. The smallest absolute Gasteiger partial charge is 0.122 e. The van der Waals surface area contributed by atoms with Crippen LogP contribution < -0.4 is 10.5 Å². The highest BCUT2D eigenvalue weighted by atomic mass is 16.5. The molecule has 2 heteroatoms. The van der Waals surface area contributed by atoms with Crippen molar-refractivity contribution >= 4 is 0 Å². The number of nitrogens with two attached hydrogens (primary N) is 1. The van der Waals surface area contributed by atoms with E-state index in [0.29, 0.717) is 12.0 Å². The van der Waals surface area contributed by atoms with E-state index >= 15 is 0 Å². The summed E-state index contributed by atoms with van der Waals surface area (Å²) in [5.74, 6) is 2.52. The zero-order valence-corrected chi connectivity index (χ0v) is 16.8. The molecule has 0 aliphatic heterocycles. The van der Waals surface area contributed by atoms with E-state index in [2.05, 4.69) is 43.3 Å². The topological polar surface area (TPSA) is 35.2 Å². The van der Waals surface area contributed by atoms with Crippen LogP contribution in [0.1, 0.15) is 65.8 Å². The molecule has 27 heavy (non-hydrogen) atoms. The van der Waals surface area contributed by atoms with Gasteiger partial charge in [-0.2, -0.15) is 0 Å². The van der Waals surface area contributed by atoms with Gasteiger partial charge in [0, 0.05) is 6.04 Å². The van der Waals surface area contributed by atoms with Crippen molar-refractivity contribution in [1.82, 2.24) is 0 Å². The highest BCUT2D eigenvalue weighted by Gasteiger charge is 2.25. The monoisotopic (exact) mass is 363 g/mol. The Morgan fingerprint density at radius 1 is 1.04 bits per heavy atom. The van der Waals surface area contributed by atoms with E-state index in [0.717, 1.165) is 18.1 Å². The first-order valence-electron chi connectivity index (χ1n) is 10.6. The Morgan fingerprint density at radius 3 is 2.70 bits per heavy atom. The van der Waals surface area contributed by atoms with Crippen LogP contribution in [0.15, 0.2) is 36.4 Å². The molecule has 2 aliphatic rings. The van der Waals surface area contributed by atoms with Crippen molar-refractivity contribution in [3.05, 3.63) is 64.2 Å². The molecule has 1 fully saturated rings. The molecule has 0 heterocycles. The Morgan fingerprint density at radius 2 is 1.93 bits per heavy atom. The molecule has 0 saturated heterocycles. The average molecular weight is 364 g/mol. The second kappa shape index (κ2) is 8.06. The summed E-state index contributed by atoms with van der Waals surface area (Å²) in [6.45, 7) is 2.16. The predicted octanol–water partition coefficient (Wildman–Crippen LogP) is 5.34. The summed E-state index contributed by atoms with van der Waals surface area (Å²) in [5.41, 5.74) is 13.5. The Hall–Kier alpha value is -1.80. The van der Waals surface area contributed by atoms with Crippen molar-refractivity contribution in [2.24, 2.45) is 11.7 Å². The second-order valence-electron chi connectivity index (χ2n) is 8.76. The van der Waals surface area contributed by atoms with Gasteiger partial charge in [-0.3, -0.25) is 0 Å². The van der Waals surface area contributed by atoms with Crippen molar-refractivity contribution in [1.29, 1.82) is 0 Å². The summed E-state index contributed by atoms with van der Waals surface area (Å²) in [6.07, 6.45) is 9.76. The Labute approximate surface area is 164 Å².